The fourth-order valence-electron chi connectivity index (χ4n) is 1.39. The van der Waals surface area contributed by atoms with Gasteiger partial charge in [-0.2, -0.15) is 17.4 Å². The fraction of sp³-hybridized carbons (Fsp3) is 0.400. The molecule has 0 saturated carbocycles. The maximum Gasteiger partial charge on any atom is 0.280 e. The molecule has 2 rings (SSSR count). The van der Waals surface area contributed by atoms with Gasteiger partial charge in [0.25, 0.3) is 10.2 Å². The minimum atomic E-state index is -3.25. The molecule has 1 fully saturated rings. The smallest absolute Gasteiger partial charge is 0.195 e. The summed E-state index contributed by atoms with van der Waals surface area (Å²) in [5, 5.41) is 0. The summed E-state index contributed by atoms with van der Waals surface area (Å²) >= 11 is 0. The Hall–Kier alpha value is -0.910. The van der Waals surface area contributed by atoms with Gasteiger partial charge >= 0.3 is 0 Å². The molecule has 1 unspecified atom stereocenters. The van der Waals surface area contributed by atoms with Crippen LogP contribution in [0.15, 0.2) is 30.3 Å². The van der Waals surface area contributed by atoms with E-state index in [4.69, 9.17) is 0 Å². The quantitative estimate of drug-likeness (QED) is 0.775. The molecule has 0 amide bonds. The molecule has 0 aromatic heterocycles. The molecule has 0 radical (unpaired) electrons. The molecule has 0 spiro atoms. The third-order valence-electron chi connectivity index (χ3n) is 2.37. The lowest BCUT2D eigenvalue weighted by Gasteiger charge is -2.14. The Bertz CT molecular complexity index is 426. The molecular formula is C10H14N2O2S. The molecule has 1 saturated heterocycles. The highest BCUT2D eigenvalue weighted by Gasteiger charge is 2.32. The van der Waals surface area contributed by atoms with Crippen LogP contribution in [0, 0.1) is 0 Å². The summed E-state index contributed by atoms with van der Waals surface area (Å²) in [6, 6.07) is 9.35. The molecule has 1 heterocycles. The molecule has 82 valence electrons. The van der Waals surface area contributed by atoms with Crippen LogP contribution in [0.5, 0.6) is 0 Å². The van der Waals surface area contributed by atoms with Crippen LogP contribution >= 0.6 is 0 Å². The maximum atomic E-state index is 11.6. The zero-order chi connectivity index (χ0) is 10.9. The summed E-state index contributed by atoms with van der Waals surface area (Å²) in [6.07, 6.45) is 0. The van der Waals surface area contributed by atoms with Crippen LogP contribution in [-0.2, 0) is 10.2 Å². The van der Waals surface area contributed by atoms with Gasteiger partial charge in [-0.1, -0.05) is 30.3 Å². The lowest BCUT2D eigenvalue weighted by molar-refractivity contribution is 0.533. The van der Waals surface area contributed by atoms with E-state index >= 15 is 0 Å². The van der Waals surface area contributed by atoms with E-state index in [1.807, 2.05) is 37.3 Å². The Labute approximate surface area is 90.1 Å². The molecule has 1 aromatic carbocycles. The number of hydrogen-bond donors (Lipinski definition) is 1. The van der Waals surface area contributed by atoms with Gasteiger partial charge in [0.1, 0.15) is 0 Å². The van der Waals surface area contributed by atoms with E-state index in [1.54, 1.807) is 0 Å². The summed E-state index contributed by atoms with van der Waals surface area (Å²) in [7, 11) is -3.25. The van der Waals surface area contributed by atoms with E-state index < -0.39 is 10.2 Å². The summed E-state index contributed by atoms with van der Waals surface area (Å²) < 4.78 is 27.2. The molecule has 0 aliphatic carbocycles. The molecule has 15 heavy (non-hydrogen) atoms. The third-order valence-corrected chi connectivity index (χ3v) is 4.07. The van der Waals surface area contributed by atoms with Crippen LogP contribution < -0.4 is 4.72 Å². The monoisotopic (exact) mass is 226 g/mol. The van der Waals surface area contributed by atoms with E-state index in [0.717, 1.165) is 5.56 Å². The normalized spacial score (nSPS) is 18.7. The van der Waals surface area contributed by atoms with Crippen LogP contribution in [0.4, 0.5) is 0 Å². The predicted molar refractivity (Wildman–Crippen MR) is 58.5 cm³/mol. The van der Waals surface area contributed by atoms with Gasteiger partial charge in [-0.3, -0.25) is 0 Å². The largest absolute Gasteiger partial charge is 0.280 e. The Balaban J connectivity index is 2.07. The van der Waals surface area contributed by atoms with Crippen molar-refractivity contribution in [3.8, 4) is 0 Å². The highest BCUT2D eigenvalue weighted by Crippen LogP contribution is 2.16. The summed E-state index contributed by atoms with van der Waals surface area (Å²) in [5.41, 5.74) is 0.975. The summed E-state index contributed by atoms with van der Waals surface area (Å²) in [5.74, 6) is 0. The van der Waals surface area contributed by atoms with Crippen LogP contribution in [-0.4, -0.2) is 25.8 Å². The van der Waals surface area contributed by atoms with E-state index in [-0.39, 0.29) is 6.04 Å². The van der Waals surface area contributed by atoms with Gasteiger partial charge in [0.05, 0.1) is 0 Å². The lowest BCUT2D eigenvalue weighted by atomic mass is 10.1. The number of hydrogen-bond acceptors (Lipinski definition) is 2. The molecule has 1 aromatic rings. The van der Waals surface area contributed by atoms with Gasteiger partial charge in [-0.05, 0) is 12.5 Å². The molecule has 1 aliphatic heterocycles. The third kappa shape index (κ3) is 2.56. The predicted octanol–water partition coefficient (Wildman–Crippen LogP) is 0.898. The average Bonchev–Trinajstić information content (AvgIpc) is 3.01. The van der Waals surface area contributed by atoms with Crippen molar-refractivity contribution in [3.05, 3.63) is 35.9 Å². The van der Waals surface area contributed by atoms with Crippen LogP contribution in [0.3, 0.4) is 0 Å². The molecule has 1 N–H and O–H groups in total. The average molecular weight is 226 g/mol. The summed E-state index contributed by atoms with van der Waals surface area (Å²) in [4.78, 5) is 0. The van der Waals surface area contributed by atoms with Crippen molar-refractivity contribution in [3.63, 3.8) is 0 Å². The van der Waals surface area contributed by atoms with Gasteiger partial charge in [-0.15, -0.1) is 0 Å². The van der Waals surface area contributed by atoms with Gasteiger partial charge in [0.15, 0.2) is 0 Å². The van der Waals surface area contributed by atoms with Crippen LogP contribution in [0.2, 0.25) is 0 Å². The van der Waals surface area contributed by atoms with Gasteiger partial charge in [0, 0.05) is 19.1 Å². The first kappa shape index (κ1) is 10.6. The van der Waals surface area contributed by atoms with Crippen molar-refractivity contribution in [2.75, 3.05) is 13.1 Å². The number of nitrogens with one attached hydrogen (secondary N) is 1. The van der Waals surface area contributed by atoms with Gasteiger partial charge < -0.3 is 0 Å². The van der Waals surface area contributed by atoms with Crippen molar-refractivity contribution in [1.82, 2.24) is 9.03 Å². The second-order valence-corrected chi connectivity index (χ2v) is 5.36. The Kier molecular flexibility index (Phi) is 2.77. The first-order valence-electron chi connectivity index (χ1n) is 4.92. The minimum absolute atomic E-state index is 0.184. The van der Waals surface area contributed by atoms with Gasteiger partial charge in [0.2, 0.25) is 0 Å². The van der Waals surface area contributed by atoms with E-state index in [2.05, 4.69) is 4.72 Å². The second kappa shape index (κ2) is 3.92. The molecule has 0 bridgehead atoms. The molecule has 4 nitrogen and oxygen atoms in total. The Morgan fingerprint density at radius 3 is 2.40 bits per heavy atom. The van der Waals surface area contributed by atoms with E-state index in [1.165, 1.54) is 4.31 Å². The van der Waals surface area contributed by atoms with Crippen LogP contribution in [0.25, 0.3) is 0 Å². The molecule has 1 aliphatic rings. The van der Waals surface area contributed by atoms with Gasteiger partial charge in [-0.25, -0.2) is 0 Å². The first-order valence-corrected chi connectivity index (χ1v) is 6.36. The fourth-order valence-corrected chi connectivity index (χ4v) is 2.68. The van der Waals surface area contributed by atoms with E-state index in [9.17, 15) is 8.42 Å². The highest BCUT2D eigenvalue weighted by molar-refractivity contribution is 7.87. The van der Waals surface area contributed by atoms with Crippen molar-refractivity contribution in [2.45, 2.75) is 13.0 Å². The van der Waals surface area contributed by atoms with Crippen molar-refractivity contribution in [1.29, 1.82) is 0 Å². The van der Waals surface area contributed by atoms with Crippen molar-refractivity contribution >= 4 is 10.2 Å². The van der Waals surface area contributed by atoms with E-state index in [0.29, 0.717) is 13.1 Å². The van der Waals surface area contributed by atoms with Crippen molar-refractivity contribution < 1.29 is 8.42 Å². The zero-order valence-corrected chi connectivity index (χ0v) is 9.37. The minimum Gasteiger partial charge on any atom is -0.195 e. The number of nitrogens with zero attached hydrogens (tertiary/aromatic N) is 1. The number of benzene rings is 1. The SMILES string of the molecule is CC(NS(=O)(=O)N1CC1)c1ccccc1. The lowest BCUT2D eigenvalue weighted by Crippen LogP contribution is -2.32. The maximum absolute atomic E-state index is 11.6. The Morgan fingerprint density at radius 2 is 1.87 bits per heavy atom. The highest BCUT2D eigenvalue weighted by atomic mass is 32.2. The van der Waals surface area contributed by atoms with Crippen molar-refractivity contribution in [2.24, 2.45) is 0 Å². The summed E-state index contributed by atoms with van der Waals surface area (Å²) in [6.45, 7) is 3.12. The molecular weight excluding hydrogens is 212 g/mol. The van der Waals surface area contributed by atoms with Crippen LogP contribution in [0.1, 0.15) is 18.5 Å². The first-order chi connectivity index (χ1) is 7.09. The second-order valence-electron chi connectivity index (χ2n) is 3.65. The standard InChI is InChI=1S/C10H14N2O2S/c1-9(10-5-3-2-4-6-10)11-15(13,14)12-7-8-12/h2-6,9,11H,7-8H2,1H3. The topological polar surface area (TPSA) is 49.2 Å². The molecule has 5 heteroatoms. The molecule has 1 atom stereocenters. The zero-order valence-electron chi connectivity index (χ0n) is 8.55. The number of rotatable bonds is 4. The Morgan fingerprint density at radius 1 is 1.27 bits per heavy atom.